The molecule has 0 saturated heterocycles. The second-order valence-corrected chi connectivity index (χ2v) is 5.07. The fourth-order valence-corrected chi connectivity index (χ4v) is 2.24. The maximum absolute atomic E-state index is 12.0. The summed E-state index contributed by atoms with van der Waals surface area (Å²) in [6.07, 6.45) is 0.821. The Labute approximate surface area is 129 Å². The summed E-state index contributed by atoms with van der Waals surface area (Å²) in [5.41, 5.74) is 1.09. The van der Waals surface area contributed by atoms with Gasteiger partial charge in [0.25, 0.3) is 5.91 Å². The summed E-state index contributed by atoms with van der Waals surface area (Å²) in [6, 6.07) is 17.0. The lowest BCUT2D eigenvalue weighted by Gasteiger charge is -2.17. The highest BCUT2D eigenvalue weighted by Crippen LogP contribution is 2.23. The average Bonchev–Trinajstić information content (AvgIpc) is 2.52. The average molecular weight is 304 g/mol. The van der Waals surface area contributed by atoms with Crippen LogP contribution in [0, 0.1) is 0 Å². The molecular formula is C17H18ClNO2. The van der Waals surface area contributed by atoms with Crippen molar-refractivity contribution < 1.29 is 9.53 Å². The summed E-state index contributed by atoms with van der Waals surface area (Å²) in [6.45, 7) is 1.99. The molecule has 110 valence electrons. The lowest BCUT2D eigenvalue weighted by atomic mass is 10.0. The van der Waals surface area contributed by atoms with Crippen molar-refractivity contribution >= 4 is 17.5 Å². The molecule has 0 saturated carbocycles. The minimum absolute atomic E-state index is 0.00598. The number of benzene rings is 2. The molecule has 0 bridgehead atoms. The monoisotopic (exact) mass is 303 g/mol. The first-order chi connectivity index (χ1) is 10.2. The summed E-state index contributed by atoms with van der Waals surface area (Å²) >= 11 is 5.98. The van der Waals surface area contributed by atoms with Crippen LogP contribution in [0.15, 0.2) is 54.6 Å². The number of para-hydroxylation sites is 1. The van der Waals surface area contributed by atoms with E-state index in [0.29, 0.717) is 10.8 Å². The smallest absolute Gasteiger partial charge is 0.258 e. The second-order valence-electron chi connectivity index (χ2n) is 4.66. The van der Waals surface area contributed by atoms with E-state index in [9.17, 15) is 4.79 Å². The van der Waals surface area contributed by atoms with Crippen LogP contribution in [0.25, 0.3) is 0 Å². The van der Waals surface area contributed by atoms with Crippen LogP contribution in [0.4, 0.5) is 0 Å². The van der Waals surface area contributed by atoms with E-state index in [4.69, 9.17) is 16.3 Å². The van der Waals surface area contributed by atoms with Gasteiger partial charge in [0.2, 0.25) is 0 Å². The topological polar surface area (TPSA) is 38.3 Å². The van der Waals surface area contributed by atoms with Crippen molar-refractivity contribution in [2.24, 2.45) is 0 Å². The van der Waals surface area contributed by atoms with E-state index in [1.807, 2.05) is 49.4 Å². The van der Waals surface area contributed by atoms with E-state index in [1.54, 1.807) is 12.1 Å². The molecule has 0 fully saturated rings. The van der Waals surface area contributed by atoms with Crippen molar-refractivity contribution in [3.05, 3.63) is 65.2 Å². The normalized spacial score (nSPS) is 11.7. The van der Waals surface area contributed by atoms with Gasteiger partial charge in [-0.3, -0.25) is 4.79 Å². The third kappa shape index (κ3) is 4.50. The van der Waals surface area contributed by atoms with Gasteiger partial charge in [0, 0.05) is 0 Å². The zero-order valence-corrected chi connectivity index (χ0v) is 12.6. The van der Waals surface area contributed by atoms with E-state index in [1.165, 1.54) is 0 Å². The van der Waals surface area contributed by atoms with Gasteiger partial charge >= 0.3 is 0 Å². The maximum Gasteiger partial charge on any atom is 0.258 e. The number of carbonyl (C=O) groups excluding carboxylic acids is 1. The first kappa shape index (κ1) is 15.4. The molecule has 0 spiro atoms. The highest BCUT2D eigenvalue weighted by molar-refractivity contribution is 6.32. The first-order valence-corrected chi connectivity index (χ1v) is 7.30. The van der Waals surface area contributed by atoms with Crippen molar-refractivity contribution in [3.63, 3.8) is 0 Å². The van der Waals surface area contributed by atoms with Gasteiger partial charge in [0.15, 0.2) is 6.61 Å². The van der Waals surface area contributed by atoms with E-state index in [-0.39, 0.29) is 18.6 Å². The number of ether oxygens (including phenoxy) is 1. The molecule has 0 unspecified atom stereocenters. The van der Waals surface area contributed by atoms with E-state index in [2.05, 4.69) is 5.32 Å². The Hall–Kier alpha value is -2.00. The SMILES string of the molecule is CC[C@@H](NC(=O)COc1ccccc1Cl)c1ccccc1. The lowest BCUT2D eigenvalue weighted by Crippen LogP contribution is -2.32. The third-order valence-electron chi connectivity index (χ3n) is 3.14. The predicted octanol–water partition coefficient (Wildman–Crippen LogP) is 3.99. The van der Waals surface area contributed by atoms with Crippen LogP contribution in [0.2, 0.25) is 5.02 Å². The molecule has 4 heteroatoms. The minimum atomic E-state index is -0.161. The standard InChI is InChI=1S/C17H18ClNO2/c1-2-15(13-8-4-3-5-9-13)19-17(20)12-21-16-11-7-6-10-14(16)18/h3-11,15H,2,12H2,1H3,(H,19,20)/t15-/m1/s1. The molecule has 0 aromatic heterocycles. The maximum atomic E-state index is 12.0. The van der Waals surface area contributed by atoms with Gasteiger partial charge in [-0.1, -0.05) is 61.0 Å². The highest BCUT2D eigenvalue weighted by Gasteiger charge is 2.13. The van der Waals surface area contributed by atoms with Gasteiger partial charge in [-0.25, -0.2) is 0 Å². The van der Waals surface area contributed by atoms with Gasteiger partial charge < -0.3 is 10.1 Å². The van der Waals surface area contributed by atoms with Gasteiger partial charge in [-0.15, -0.1) is 0 Å². The van der Waals surface area contributed by atoms with Crippen molar-refractivity contribution in [1.29, 1.82) is 0 Å². The Bertz CT molecular complexity index is 586. The van der Waals surface area contributed by atoms with Crippen LogP contribution in [0.3, 0.4) is 0 Å². The van der Waals surface area contributed by atoms with Gasteiger partial charge in [-0.2, -0.15) is 0 Å². The summed E-state index contributed by atoms with van der Waals surface area (Å²) in [5.74, 6) is 0.354. The van der Waals surface area contributed by atoms with Crippen LogP contribution < -0.4 is 10.1 Å². The Morgan fingerprint density at radius 2 is 1.81 bits per heavy atom. The van der Waals surface area contributed by atoms with Gasteiger partial charge in [0.05, 0.1) is 11.1 Å². The molecule has 1 amide bonds. The molecule has 2 aromatic carbocycles. The van der Waals surface area contributed by atoms with Crippen LogP contribution in [0.1, 0.15) is 24.9 Å². The first-order valence-electron chi connectivity index (χ1n) is 6.92. The molecule has 0 radical (unpaired) electrons. The Kier molecular flexibility index (Phi) is 5.64. The van der Waals surface area contributed by atoms with E-state index >= 15 is 0 Å². The molecule has 0 aliphatic heterocycles. The lowest BCUT2D eigenvalue weighted by molar-refractivity contribution is -0.123. The number of amides is 1. The number of hydrogen-bond acceptors (Lipinski definition) is 2. The highest BCUT2D eigenvalue weighted by atomic mass is 35.5. The molecule has 2 rings (SSSR count). The fourth-order valence-electron chi connectivity index (χ4n) is 2.05. The van der Waals surface area contributed by atoms with Crippen LogP contribution in [-0.4, -0.2) is 12.5 Å². The molecule has 21 heavy (non-hydrogen) atoms. The number of halogens is 1. The fraction of sp³-hybridized carbons (Fsp3) is 0.235. The minimum Gasteiger partial charge on any atom is -0.482 e. The number of rotatable bonds is 6. The summed E-state index contributed by atoms with van der Waals surface area (Å²) in [4.78, 5) is 12.0. The number of carbonyl (C=O) groups is 1. The zero-order valence-electron chi connectivity index (χ0n) is 11.9. The molecule has 0 aliphatic carbocycles. The zero-order chi connectivity index (χ0) is 15.1. The molecule has 1 atom stereocenters. The van der Waals surface area contributed by atoms with Crippen molar-refractivity contribution in [2.75, 3.05) is 6.61 Å². The summed E-state index contributed by atoms with van der Waals surface area (Å²) < 4.78 is 5.44. The van der Waals surface area contributed by atoms with Crippen LogP contribution in [0.5, 0.6) is 5.75 Å². The molecule has 0 aliphatic rings. The van der Waals surface area contributed by atoms with E-state index in [0.717, 1.165) is 12.0 Å². The molecular weight excluding hydrogens is 286 g/mol. The summed E-state index contributed by atoms with van der Waals surface area (Å²) in [7, 11) is 0. The van der Waals surface area contributed by atoms with Crippen molar-refractivity contribution in [1.82, 2.24) is 5.32 Å². The van der Waals surface area contributed by atoms with Crippen LogP contribution in [-0.2, 0) is 4.79 Å². The largest absolute Gasteiger partial charge is 0.482 e. The second kappa shape index (κ2) is 7.70. The molecule has 3 nitrogen and oxygen atoms in total. The van der Waals surface area contributed by atoms with Crippen LogP contribution >= 0.6 is 11.6 Å². The van der Waals surface area contributed by atoms with Gasteiger partial charge in [0.1, 0.15) is 5.75 Å². The number of hydrogen-bond donors (Lipinski definition) is 1. The van der Waals surface area contributed by atoms with Crippen molar-refractivity contribution in [3.8, 4) is 5.75 Å². The Balaban J connectivity index is 1.90. The van der Waals surface area contributed by atoms with Gasteiger partial charge in [-0.05, 0) is 24.1 Å². The Morgan fingerprint density at radius 1 is 1.14 bits per heavy atom. The number of nitrogens with one attached hydrogen (secondary N) is 1. The van der Waals surface area contributed by atoms with E-state index < -0.39 is 0 Å². The predicted molar refractivity (Wildman–Crippen MR) is 84.6 cm³/mol. The quantitative estimate of drug-likeness (QED) is 0.876. The molecule has 1 N–H and O–H groups in total. The van der Waals surface area contributed by atoms with Crippen molar-refractivity contribution in [2.45, 2.75) is 19.4 Å². The molecule has 2 aromatic rings. The Morgan fingerprint density at radius 3 is 2.48 bits per heavy atom. The molecule has 0 heterocycles. The summed E-state index contributed by atoms with van der Waals surface area (Å²) in [5, 5.41) is 3.47. The third-order valence-corrected chi connectivity index (χ3v) is 3.45.